The van der Waals surface area contributed by atoms with E-state index in [1.807, 2.05) is 12.4 Å². The van der Waals surface area contributed by atoms with E-state index in [1.165, 1.54) is 12.1 Å². The Bertz CT molecular complexity index is 628. The van der Waals surface area contributed by atoms with Crippen molar-refractivity contribution in [1.82, 2.24) is 14.9 Å². The third kappa shape index (κ3) is 4.92. The van der Waals surface area contributed by atoms with E-state index in [9.17, 15) is 4.39 Å². The average Bonchev–Trinajstić information content (AvgIpc) is 2.61. The average molecular weight is 347 g/mol. The van der Waals surface area contributed by atoms with Gasteiger partial charge in [0.05, 0.1) is 0 Å². The van der Waals surface area contributed by atoms with Crippen molar-refractivity contribution >= 4 is 11.8 Å². The first-order chi connectivity index (χ1) is 11.7. The van der Waals surface area contributed by atoms with Crippen molar-refractivity contribution < 1.29 is 9.13 Å². The summed E-state index contributed by atoms with van der Waals surface area (Å²) in [5, 5.41) is 0.840. The minimum atomic E-state index is -0.234. The third-order valence-corrected chi connectivity index (χ3v) is 4.77. The second-order valence-corrected chi connectivity index (χ2v) is 7.09. The molecular formula is C18H22FN3OS. The molecule has 0 atom stereocenters. The molecule has 1 aromatic carbocycles. The molecule has 0 unspecified atom stereocenters. The summed E-state index contributed by atoms with van der Waals surface area (Å²) in [5.74, 6) is 1.50. The van der Waals surface area contributed by atoms with Crippen LogP contribution in [0.15, 0.2) is 41.8 Å². The van der Waals surface area contributed by atoms with Crippen LogP contribution in [0.25, 0.3) is 0 Å². The van der Waals surface area contributed by atoms with E-state index < -0.39 is 0 Å². The largest absolute Gasteiger partial charge is 0.490 e. The molecule has 2 aromatic rings. The summed E-state index contributed by atoms with van der Waals surface area (Å²) in [6, 6.07) is 6.25. The van der Waals surface area contributed by atoms with Gasteiger partial charge in [-0.25, -0.2) is 14.4 Å². The molecule has 0 saturated carbocycles. The number of benzene rings is 1. The molecule has 4 nitrogen and oxygen atoms in total. The van der Waals surface area contributed by atoms with Crippen LogP contribution in [0.4, 0.5) is 4.39 Å². The normalized spacial score (nSPS) is 16.2. The summed E-state index contributed by atoms with van der Waals surface area (Å²) in [6.45, 7) is 4.94. The van der Waals surface area contributed by atoms with Crippen molar-refractivity contribution in [2.75, 3.05) is 18.8 Å². The lowest BCUT2D eigenvalue weighted by molar-refractivity contribution is 0.0966. The molecule has 1 fully saturated rings. The van der Waals surface area contributed by atoms with Gasteiger partial charge in [0, 0.05) is 37.6 Å². The van der Waals surface area contributed by atoms with E-state index in [1.54, 1.807) is 23.9 Å². The number of halogens is 1. The number of hydrogen-bond donors (Lipinski definition) is 0. The summed E-state index contributed by atoms with van der Waals surface area (Å²) in [5.41, 5.74) is 1.15. The van der Waals surface area contributed by atoms with Gasteiger partial charge in [0.15, 0.2) is 5.16 Å². The first kappa shape index (κ1) is 17.2. The van der Waals surface area contributed by atoms with Gasteiger partial charge in [-0.05, 0) is 42.9 Å². The number of likely N-dealkylation sites (tertiary alicyclic amines) is 1. The molecule has 1 aromatic heterocycles. The van der Waals surface area contributed by atoms with Crippen LogP contribution >= 0.6 is 11.8 Å². The van der Waals surface area contributed by atoms with E-state index in [4.69, 9.17) is 4.74 Å². The predicted molar refractivity (Wildman–Crippen MR) is 93.8 cm³/mol. The number of ether oxygens (including phenoxy) is 1. The molecule has 0 radical (unpaired) electrons. The van der Waals surface area contributed by atoms with Gasteiger partial charge in [0.2, 0.25) is 0 Å². The summed E-state index contributed by atoms with van der Waals surface area (Å²) in [4.78, 5) is 11.2. The van der Waals surface area contributed by atoms with Crippen LogP contribution in [0.1, 0.15) is 25.3 Å². The zero-order valence-corrected chi connectivity index (χ0v) is 14.6. The van der Waals surface area contributed by atoms with Gasteiger partial charge in [-0.2, -0.15) is 0 Å². The molecule has 0 N–H and O–H groups in total. The van der Waals surface area contributed by atoms with Crippen molar-refractivity contribution in [2.24, 2.45) is 0 Å². The zero-order chi connectivity index (χ0) is 16.8. The van der Waals surface area contributed by atoms with E-state index in [0.29, 0.717) is 0 Å². The van der Waals surface area contributed by atoms with Crippen molar-refractivity contribution in [3.8, 4) is 5.75 Å². The minimum absolute atomic E-state index is 0.200. The van der Waals surface area contributed by atoms with E-state index in [-0.39, 0.29) is 11.9 Å². The Balaban J connectivity index is 1.45. The predicted octanol–water partition coefficient (Wildman–Crippen LogP) is 3.77. The summed E-state index contributed by atoms with van der Waals surface area (Å²) < 4.78 is 18.8. The quantitative estimate of drug-likeness (QED) is 0.587. The fourth-order valence-corrected chi connectivity index (χ4v) is 3.29. The molecule has 6 heteroatoms. The maximum absolute atomic E-state index is 12.9. The molecule has 0 amide bonds. The number of hydrogen-bond acceptors (Lipinski definition) is 5. The van der Waals surface area contributed by atoms with E-state index in [0.717, 1.165) is 54.7 Å². The fraction of sp³-hybridized carbons (Fsp3) is 0.444. The molecule has 0 bridgehead atoms. The van der Waals surface area contributed by atoms with Gasteiger partial charge in [-0.3, -0.25) is 4.90 Å². The van der Waals surface area contributed by atoms with Gasteiger partial charge >= 0.3 is 0 Å². The van der Waals surface area contributed by atoms with Crippen LogP contribution in [0.3, 0.4) is 0 Å². The maximum atomic E-state index is 12.9. The number of thioether (sulfide) groups is 1. The monoisotopic (exact) mass is 347 g/mol. The SMILES string of the molecule is CCSc1ncc(CN2CCC(Oc3ccc(F)cc3)CC2)cn1. The highest BCUT2D eigenvalue weighted by Crippen LogP contribution is 2.20. The second-order valence-electron chi connectivity index (χ2n) is 5.85. The number of piperidine rings is 1. The Morgan fingerprint density at radius 2 is 1.83 bits per heavy atom. The van der Waals surface area contributed by atoms with Crippen LogP contribution < -0.4 is 4.74 Å². The van der Waals surface area contributed by atoms with Crippen molar-refractivity contribution in [2.45, 2.75) is 37.6 Å². The fourth-order valence-electron chi connectivity index (χ4n) is 2.78. The smallest absolute Gasteiger partial charge is 0.187 e. The van der Waals surface area contributed by atoms with E-state index >= 15 is 0 Å². The number of nitrogens with zero attached hydrogens (tertiary/aromatic N) is 3. The minimum Gasteiger partial charge on any atom is -0.490 e. The van der Waals surface area contributed by atoms with Gasteiger partial charge in [-0.1, -0.05) is 18.7 Å². The Morgan fingerprint density at radius 1 is 1.17 bits per heavy atom. The van der Waals surface area contributed by atoms with Crippen molar-refractivity contribution in [1.29, 1.82) is 0 Å². The molecule has 128 valence electrons. The Hall–Kier alpha value is -1.66. The van der Waals surface area contributed by atoms with Crippen LogP contribution in [0.2, 0.25) is 0 Å². The van der Waals surface area contributed by atoms with Crippen molar-refractivity contribution in [3.05, 3.63) is 48.0 Å². The first-order valence-corrected chi connectivity index (χ1v) is 9.30. The van der Waals surface area contributed by atoms with Crippen LogP contribution in [-0.4, -0.2) is 39.8 Å². The van der Waals surface area contributed by atoms with Gasteiger partial charge in [0.1, 0.15) is 17.7 Å². The standard InChI is InChI=1S/C18H22FN3OS/c1-2-24-18-20-11-14(12-21-18)13-22-9-7-17(8-10-22)23-16-5-3-15(19)4-6-16/h3-6,11-12,17H,2,7-10,13H2,1H3. The molecule has 1 aliphatic heterocycles. The molecule has 3 rings (SSSR count). The van der Waals surface area contributed by atoms with Crippen molar-refractivity contribution in [3.63, 3.8) is 0 Å². The van der Waals surface area contributed by atoms with Crippen LogP contribution in [0, 0.1) is 5.82 Å². The summed E-state index contributed by atoms with van der Waals surface area (Å²) in [7, 11) is 0. The number of aromatic nitrogens is 2. The third-order valence-electron chi connectivity index (χ3n) is 4.01. The number of rotatable bonds is 6. The molecule has 0 spiro atoms. The molecule has 1 saturated heterocycles. The molecular weight excluding hydrogens is 325 g/mol. The Morgan fingerprint density at radius 3 is 2.46 bits per heavy atom. The van der Waals surface area contributed by atoms with Gasteiger partial charge < -0.3 is 4.74 Å². The molecule has 2 heterocycles. The topological polar surface area (TPSA) is 38.2 Å². The second kappa shape index (κ2) is 8.44. The molecule has 1 aliphatic rings. The summed E-state index contributed by atoms with van der Waals surface area (Å²) >= 11 is 1.66. The Labute approximate surface area is 146 Å². The zero-order valence-electron chi connectivity index (χ0n) is 13.8. The van der Waals surface area contributed by atoms with Gasteiger partial charge in [-0.15, -0.1) is 0 Å². The lowest BCUT2D eigenvalue weighted by Crippen LogP contribution is -2.37. The van der Waals surface area contributed by atoms with Gasteiger partial charge in [0.25, 0.3) is 0 Å². The lowest BCUT2D eigenvalue weighted by atomic mass is 10.1. The highest BCUT2D eigenvalue weighted by atomic mass is 32.2. The molecule has 0 aliphatic carbocycles. The lowest BCUT2D eigenvalue weighted by Gasteiger charge is -2.32. The highest BCUT2D eigenvalue weighted by molar-refractivity contribution is 7.99. The van der Waals surface area contributed by atoms with Crippen LogP contribution in [-0.2, 0) is 6.54 Å². The maximum Gasteiger partial charge on any atom is 0.187 e. The molecule has 24 heavy (non-hydrogen) atoms. The highest BCUT2D eigenvalue weighted by Gasteiger charge is 2.20. The Kier molecular flexibility index (Phi) is 6.04. The summed E-state index contributed by atoms with van der Waals surface area (Å²) in [6.07, 6.45) is 5.99. The van der Waals surface area contributed by atoms with E-state index in [2.05, 4.69) is 21.8 Å². The first-order valence-electron chi connectivity index (χ1n) is 8.31. The van der Waals surface area contributed by atoms with Crippen LogP contribution in [0.5, 0.6) is 5.75 Å².